The minimum Gasteiger partial charge on any atom is -0.462 e. The van der Waals surface area contributed by atoms with Gasteiger partial charge in [-0.3, -0.25) is 9.59 Å². The number of carbonyl (C=O) groups is 2. The second-order valence-corrected chi connectivity index (χ2v) is 10.8. The molecule has 2 saturated heterocycles. The van der Waals surface area contributed by atoms with Gasteiger partial charge >= 0.3 is 11.9 Å². The first-order valence-electron chi connectivity index (χ1n) is 10.8. The maximum atomic E-state index is 12.5. The molecule has 0 radical (unpaired) electrons. The Bertz CT molecular complexity index is 718. The summed E-state index contributed by atoms with van der Waals surface area (Å²) in [6.45, 7) is 8.46. The Morgan fingerprint density at radius 2 is 1.93 bits per heavy atom. The summed E-state index contributed by atoms with van der Waals surface area (Å²) in [7, 11) is 0. The van der Waals surface area contributed by atoms with Crippen molar-refractivity contribution >= 4 is 11.9 Å². The van der Waals surface area contributed by atoms with Gasteiger partial charge in [0.1, 0.15) is 6.10 Å². The van der Waals surface area contributed by atoms with Crippen molar-refractivity contribution in [3.8, 4) is 0 Å². The van der Waals surface area contributed by atoms with E-state index in [-0.39, 0.29) is 40.5 Å². The summed E-state index contributed by atoms with van der Waals surface area (Å²) in [4.78, 5) is 24.6. The Morgan fingerprint density at radius 1 is 1.18 bits per heavy atom. The summed E-state index contributed by atoms with van der Waals surface area (Å²) in [6, 6.07) is 0. The molecule has 0 amide bonds. The first kappa shape index (κ1) is 18.9. The van der Waals surface area contributed by atoms with Gasteiger partial charge in [0.25, 0.3) is 0 Å². The van der Waals surface area contributed by atoms with Crippen molar-refractivity contribution in [1.82, 2.24) is 0 Å². The number of fused-ring (bicyclic) bond motifs is 2. The van der Waals surface area contributed by atoms with Gasteiger partial charge < -0.3 is 19.3 Å². The molecule has 0 aromatic rings. The number of esters is 2. The SMILES string of the molecule is CC(=O)O[C@H]1C[C@@H]2C(C)(C)CCC[C@@]2(C)[C@@H]2CC[C@@H]3C(=O)O[C@@H]4O[C@H](O)[C@]12[C@@H]43. The van der Waals surface area contributed by atoms with E-state index in [1.165, 1.54) is 6.92 Å². The molecule has 5 rings (SSSR count). The molecular weight excluding hydrogens is 360 g/mol. The van der Waals surface area contributed by atoms with E-state index >= 15 is 0 Å². The van der Waals surface area contributed by atoms with Crippen molar-refractivity contribution in [2.45, 2.75) is 84.9 Å². The van der Waals surface area contributed by atoms with Crippen LogP contribution in [0.15, 0.2) is 0 Å². The largest absolute Gasteiger partial charge is 0.462 e. The maximum absolute atomic E-state index is 12.5. The van der Waals surface area contributed by atoms with Gasteiger partial charge in [0.05, 0.1) is 11.3 Å². The molecule has 3 aliphatic carbocycles. The molecule has 6 nitrogen and oxygen atoms in total. The lowest BCUT2D eigenvalue weighted by Gasteiger charge is -2.67. The third kappa shape index (κ3) is 2.11. The van der Waals surface area contributed by atoms with Gasteiger partial charge in [-0.15, -0.1) is 0 Å². The van der Waals surface area contributed by atoms with Crippen LogP contribution < -0.4 is 0 Å². The Hall–Kier alpha value is -1.14. The van der Waals surface area contributed by atoms with Crippen molar-refractivity contribution in [3.05, 3.63) is 0 Å². The standard InChI is InChI=1S/C22H32O6/c1-11(23)26-15-10-14-20(2,3)8-5-9-21(14,4)13-7-6-12-16-18(27-17(12)24)28-19(25)22(13,15)16/h12-16,18-19,25H,5-10H2,1-4H3/t12-,13-,14+,15-,16+,18+,19-,21-,22-/m0/s1. The highest BCUT2D eigenvalue weighted by Gasteiger charge is 2.78. The predicted molar refractivity (Wildman–Crippen MR) is 98.5 cm³/mol. The van der Waals surface area contributed by atoms with Crippen LogP contribution in [0.1, 0.15) is 66.2 Å². The highest BCUT2D eigenvalue weighted by molar-refractivity contribution is 5.76. The summed E-state index contributed by atoms with van der Waals surface area (Å²) in [5.74, 6) is -0.530. The van der Waals surface area contributed by atoms with Crippen LogP contribution in [0.4, 0.5) is 0 Å². The molecule has 1 N–H and O–H groups in total. The van der Waals surface area contributed by atoms with Gasteiger partial charge in [-0.05, 0) is 54.8 Å². The lowest BCUT2D eigenvalue weighted by atomic mass is 9.37. The lowest BCUT2D eigenvalue weighted by Crippen LogP contribution is -2.68. The van der Waals surface area contributed by atoms with E-state index in [0.717, 1.165) is 32.1 Å². The molecule has 9 atom stereocenters. The van der Waals surface area contributed by atoms with Crippen molar-refractivity contribution in [2.24, 2.45) is 39.9 Å². The average molecular weight is 392 g/mol. The van der Waals surface area contributed by atoms with Crippen LogP contribution in [0.25, 0.3) is 0 Å². The number of aliphatic hydroxyl groups excluding tert-OH is 1. The molecular formula is C22H32O6. The van der Waals surface area contributed by atoms with E-state index in [1.54, 1.807) is 0 Å². The van der Waals surface area contributed by atoms with E-state index in [0.29, 0.717) is 12.3 Å². The first-order valence-corrected chi connectivity index (χ1v) is 10.8. The van der Waals surface area contributed by atoms with Crippen LogP contribution >= 0.6 is 0 Å². The number of hydrogen-bond donors (Lipinski definition) is 1. The molecule has 2 heterocycles. The second kappa shape index (κ2) is 5.72. The summed E-state index contributed by atoms with van der Waals surface area (Å²) < 4.78 is 17.3. The van der Waals surface area contributed by atoms with E-state index < -0.39 is 24.1 Å². The van der Waals surface area contributed by atoms with Crippen LogP contribution in [-0.2, 0) is 23.8 Å². The summed E-state index contributed by atoms with van der Waals surface area (Å²) in [6.07, 6.45) is 3.49. The van der Waals surface area contributed by atoms with E-state index in [1.807, 2.05) is 0 Å². The molecule has 2 aliphatic heterocycles. The van der Waals surface area contributed by atoms with Gasteiger partial charge in [-0.2, -0.15) is 0 Å². The van der Waals surface area contributed by atoms with Crippen molar-refractivity contribution in [1.29, 1.82) is 0 Å². The van der Waals surface area contributed by atoms with Crippen LogP contribution in [-0.4, -0.2) is 35.7 Å². The zero-order chi connectivity index (χ0) is 20.1. The van der Waals surface area contributed by atoms with E-state index in [4.69, 9.17) is 14.2 Å². The number of aliphatic hydroxyl groups is 1. The van der Waals surface area contributed by atoms with Crippen LogP contribution in [0, 0.1) is 39.9 Å². The van der Waals surface area contributed by atoms with Crippen molar-refractivity contribution < 1.29 is 28.9 Å². The molecule has 156 valence electrons. The minimum atomic E-state index is -1.07. The number of carbonyl (C=O) groups excluding carboxylic acids is 2. The summed E-state index contributed by atoms with van der Waals surface area (Å²) in [5.41, 5.74) is -0.589. The molecule has 1 spiro atoms. The Labute approximate surface area is 166 Å². The fourth-order valence-corrected chi connectivity index (χ4v) is 8.45. The molecule has 0 aromatic carbocycles. The quantitative estimate of drug-likeness (QED) is 0.691. The third-order valence-corrected chi connectivity index (χ3v) is 9.29. The molecule has 3 saturated carbocycles. The van der Waals surface area contributed by atoms with Crippen LogP contribution in [0.2, 0.25) is 0 Å². The summed E-state index contributed by atoms with van der Waals surface area (Å²) in [5, 5.41) is 11.2. The second-order valence-electron chi connectivity index (χ2n) is 10.8. The fourth-order valence-electron chi connectivity index (χ4n) is 8.45. The Morgan fingerprint density at radius 3 is 2.64 bits per heavy atom. The molecule has 5 aliphatic rings. The summed E-state index contributed by atoms with van der Waals surface area (Å²) >= 11 is 0. The minimum absolute atomic E-state index is 0.0221. The van der Waals surface area contributed by atoms with E-state index in [9.17, 15) is 14.7 Å². The maximum Gasteiger partial charge on any atom is 0.311 e. The average Bonchev–Trinajstić information content (AvgIpc) is 3.06. The van der Waals surface area contributed by atoms with Gasteiger partial charge in [0, 0.05) is 12.8 Å². The zero-order valence-corrected chi connectivity index (χ0v) is 17.3. The van der Waals surface area contributed by atoms with Crippen LogP contribution in [0.5, 0.6) is 0 Å². The number of rotatable bonds is 1. The fraction of sp³-hybridized carbons (Fsp3) is 0.909. The number of hydrogen-bond acceptors (Lipinski definition) is 6. The highest BCUT2D eigenvalue weighted by atomic mass is 16.8. The molecule has 0 aromatic heterocycles. The zero-order valence-electron chi connectivity index (χ0n) is 17.3. The topological polar surface area (TPSA) is 82.1 Å². The van der Waals surface area contributed by atoms with Crippen LogP contribution in [0.3, 0.4) is 0 Å². The van der Waals surface area contributed by atoms with Gasteiger partial charge in [0.2, 0.25) is 6.29 Å². The molecule has 6 heteroatoms. The number of ether oxygens (including phenoxy) is 3. The Kier molecular flexibility index (Phi) is 3.85. The molecule has 5 fully saturated rings. The van der Waals surface area contributed by atoms with Gasteiger partial charge in [0.15, 0.2) is 6.29 Å². The van der Waals surface area contributed by atoms with Gasteiger partial charge in [-0.25, -0.2) is 0 Å². The van der Waals surface area contributed by atoms with Gasteiger partial charge in [-0.1, -0.05) is 27.2 Å². The highest BCUT2D eigenvalue weighted by Crippen LogP contribution is 2.73. The third-order valence-electron chi connectivity index (χ3n) is 9.29. The molecule has 0 unspecified atom stereocenters. The molecule has 0 bridgehead atoms. The predicted octanol–water partition coefficient (Wildman–Crippen LogP) is 3.01. The smallest absolute Gasteiger partial charge is 0.311 e. The normalized spacial score (nSPS) is 53.6. The van der Waals surface area contributed by atoms with Crippen molar-refractivity contribution in [3.63, 3.8) is 0 Å². The lowest BCUT2D eigenvalue weighted by molar-refractivity contribution is -0.278. The Balaban J connectivity index is 1.68. The van der Waals surface area contributed by atoms with Crippen molar-refractivity contribution in [2.75, 3.05) is 0 Å². The van der Waals surface area contributed by atoms with E-state index in [2.05, 4.69) is 20.8 Å². The molecule has 28 heavy (non-hydrogen) atoms. The first-order chi connectivity index (χ1) is 13.1. The monoisotopic (exact) mass is 392 g/mol.